The van der Waals surface area contributed by atoms with Gasteiger partial charge in [0.05, 0.1) is 6.61 Å². The molecular weight excluding hydrogens is 264 g/mol. The van der Waals surface area contributed by atoms with Crippen molar-refractivity contribution in [2.45, 2.75) is 13.8 Å². The van der Waals surface area contributed by atoms with Gasteiger partial charge in [0.15, 0.2) is 0 Å². The van der Waals surface area contributed by atoms with Crippen molar-refractivity contribution in [3.05, 3.63) is 28.1 Å². The maximum atomic E-state index is 12.1. The Kier molecular flexibility index (Phi) is 4.11. The smallest absolute Gasteiger partial charge is 0.326 e. The van der Waals surface area contributed by atoms with E-state index in [1.165, 1.54) is 16.2 Å². The highest BCUT2D eigenvalue weighted by molar-refractivity contribution is 7.10. The summed E-state index contributed by atoms with van der Waals surface area (Å²) in [6, 6.07) is 3.81. The molecule has 0 saturated carbocycles. The molecule has 5 nitrogen and oxygen atoms in total. The summed E-state index contributed by atoms with van der Waals surface area (Å²) >= 11 is 1.53. The molecule has 1 aliphatic rings. The maximum absolute atomic E-state index is 12.1. The third kappa shape index (κ3) is 3.08. The Labute approximate surface area is 115 Å². The zero-order valence-corrected chi connectivity index (χ0v) is 11.6. The van der Waals surface area contributed by atoms with Gasteiger partial charge in [0.1, 0.15) is 18.1 Å². The van der Waals surface area contributed by atoms with E-state index in [9.17, 15) is 9.59 Å². The van der Waals surface area contributed by atoms with Gasteiger partial charge in [-0.1, -0.05) is 6.07 Å². The molecule has 0 bridgehead atoms. The largest absolute Gasteiger partial charge is 0.465 e. The lowest BCUT2D eigenvalue weighted by Crippen LogP contribution is -2.36. The van der Waals surface area contributed by atoms with Crippen LogP contribution in [0.5, 0.6) is 0 Å². The van der Waals surface area contributed by atoms with Crippen molar-refractivity contribution >= 4 is 35.1 Å². The Balaban J connectivity index is 2.12. The molecule has 1 amide bonds. The molecule has 0 saturated heterocycles. The van der Waals surface area contributed by atoms with Crippen LogP contribution in [0.15, 0.2) is 28.2 Å². The molecule has 0 aromatic carbocycles. The number of carbonyl (C=O) groups is 2. The van der Waals surface area contributed by atoms with Crippen LogP contribution in [0.2, 0.25) is 0 Å². The Hall–Kier alpha value is -1.95. The minimum Gasteiger partial charge on any atom is -0.465 e. The van der Waals surface area contributed by atoms with E-state index in [0.29, 0.717) is 18.1 Å². The molecule has 0 atom stereocenters. The number of ether oxygens (including phenoxy) is 1. The molecule has 2 heterocycles. The number of nitrogens with zero attached hydrogens (tertiary/aromatic N) is 2. The standard InChI is InChI=1S/C13H14N2O3S/c1-3-18-12(16)8-15-9(2)14-11(13(15)17)7-10-5-4-6-19-10/h4-7H,3,8H2,1-2H3/b11-7-. The van der Waals surface area contributed by atoms with Gasteiger partial charge in [0, 0.05) is 4.88 Å². The quantitative estimate of drug-likeness (QED) is 0.624. The van der Waals surface area contributed by atoms with Crippen LogP contribution in [0.3, 0.4) is 0 Å². The summed E-state index contributed by atoms with van der Waals surface area (Å²) in [5, 5.41) is 1.93. The van der Waals surface area contributed by atoms with Crippen molar-refractivity contribution < 1.29 is 14.3 Å². The molecule has 0 fully saturated rings. The second kappa shape index (κ2) is 5.79. The van der Waals surface area contributed by atoms with Crippen LogP contribution in [0.4, 0.5) is 0 Å². The zero-order valence-electron chi connectivity index (χ0n) is 10.8. The fourth-order valence-corrected chi connectivity index (χ4v) is 2.34. The minimum absolute atomic E-state index is 0.0935. The van der Waals surface area contributed by atoms with E-state index < -0.39 is 5.97 Å². The number of aliphatic imine (C=N–C) groups is 1. The predicted octanol–water partition coefficient (Wildman–Crippen LogP) is 1.91. The van der Waals surface area contributed by atoms with Crippen LogP contribution < -0.4 is 0 Å². The van der Waals surface area contributed by atoms with Crippen LogP contribution in [-0.4, -0.2) is 35.8 Å². The number of esters is 1. The van der Waals surface area contributed by atoms with E-state index in [1.807, 2.05) is 17.5 Å². The van der Waals surface area contributed by atoms with Gasteiger partial charge < -0.3 is 4.74 Å². The molecule has 100 valence electrons. The lowest BCUT2D eigenvalue weighted by Gasteiger charge is -2.14. The second-order valence-corrected chi connectivity index (χ2v) is 4.88. The van der Waals surface area contributed by atoms with Crippen molar-refractivity contribution in [1.29, 1.82) is 0 Å². The Morgan fingerprint density at radius 2 is 2.37 bits per heavy atom. The van der Waals surface area contributed by atoms with Gasteiger partial charge in [-0.15, -0.1) is 11.3 Å². The zero-order chi connectivity index (χ0) is 13.8. The summed E-state index contributed by atoms with van der Waals surface area (Å²) in [5.74, 6) is -0.178. The lowest BCUT2D eigenvalue weighted by molar-refractivity contribution is -0.145. The molecule has 2 rings (SSSR count). The number of hydrogen-bond acceptors (Lipinski definition) is 5. The first-order valence-electron chi connectivity index (χ1n) is 5.89. The molecule has 0 unspecified atom stereocenters. The molecule has 0 spiro atoms. The highest BCUT2D eigenvalue weighted by atomic mass is 32.1. The van der Waals surface area contributed by atoms with E-state index in [-0.39, 0.29) is 12.5 Å². The van der Waals surface area contributed by atoms with Crippen molar-refractivity contribution in [3.63, 3.8) is 0 Å². The molecule has 6 heteroatoms. The van der Waals surface area contributed by atoms with Crippen LogP contribution in [0.25, 0.3) is 6.08 Å². The fourth-order valence-electron chi connectivity index (χ4n) is 1.69. The first-order valence-corrected chi connectivity index (χ1v) is 6.77. The van der Waals surface area contributed by atoms with Gasteiger partial charge in [-0.25, -0.2) is 4.99 Å². The molecule has 0 aliphatic carbocycles. The van der Waals surface area contributed by atoms with Gasteiger partial charge in [-0.05, 0) is 31.4 Å². The Morgan fingerprint density at radius 1 is 1.58 bits per heavy atom. The van der Waals surface area contributed by atoms with Gasteiger partial charge in [0.2, 0.25) is 0 Å². The van der Waals surface area contributed by atoms with E-state index in [0.717, 1.165) is 4.88 Å². The van der Waals surface area contributed by atoms with E-state index in [2.05, 4.69) is 4.99 Å². The molecule has 19 heavy (non-hydrogen) atoms. The summed E-state index contributed by atoms with van der Waals surface area (Å²) in [7, 11) is 0. The van der Waals surface area contributed by atoms with Crippen LogP contribution in [-0.2, 0) is 14.3 Å². The first kappa shape index (κ1) is 13.5. The van der Waals surface area contributed by atoms with Gasteiger partial charge in [0.25, 0.3) is 5.91 Å². The van der Waals surface area contributed by atoms with E-state index in [4.69, 9.17) is 4.74 Å². The molecular formula is C13H14N2O3S. The molecule has 0 N–H and O–H groups in total. The fraction of sp³-hybridized carbons (Fsp3) is 0.308. The highest BCUT2D eigenvalue weighted by Crippen LogP contribution is 2.20. The maximum Gasteiger partial charge on any atom is 0.326 e. The third-order valence-electron chi connectivity index (χ3n) is 2.55. The summed E-state index contributed by atoms with van der Waals surface area (Å²) in [6.45, 7) is 3.64. The molecule has 1 aromatic rings. The van der Waals surface area contributed by atoms with Gasteiger partial charge in [-0.3, -0.25) is 14.5 Å². The minimum atomic E-state index is -0.428. The van der Waals surface area contributed by atoms with E-state index in [1.54, 1.807) is 19.9 Å². The SMILES string of the molecule is CCOC(=O)CN1C(=O)/C(=C/c2cccs2)N=C1C. The number of amides is 1. The Morgan fingerprint density at radius 3 is 3.00 bits per heavy atom. The third-order valence-corrected chi connectivity index (χ3v) is 3.37. The van der Waals surface area contributed by atoms with Gasteiger partial charge in [-0.2, -0.15) is 0 Å². The summed E-state index contributed by atoms with van der Waals surface area (Å²) in [4.78, 5) is 30.0. The van der Waals surface area contributed by atoms with Crippen molar-refractivity contribution in [2.75, 3.05) is 13.2 Å². The van der Waals surface area contributed by atoms with Crippen LogP contribution in [0.1, 0.15) is 18.7 Å². The van der Waals surface area contributed by atoms with Crippen molar-refractivity contribution in [2.24, 2.45) is 4.99 Å². The topological polar surface area (TPSA) is 59.0 Å². The van der Waals surface area contributed by atoms with E-state index >= 15 is 0 Å². The van der Waals surface area contributed by atoms with Crippen LogP contribution >= 0.6 is 11.3 Å². The number of rotatable bonds is 4. The lowest BCUT2D eigenvalue weighted by atomic mass is 10.3. The number of hydrogen-bond donors (Lipinski definition) is 0. The predicted molar refractivity (Wildman–Crippen MR) is 73.8 cm³/mol. The summed E-state index contributed by atoms with van der Waals surface area (Å²) < 4.78 is 4.84. The number of amidine groups is 1. The molecule has 1 aromatic heterocycles. The number of thiophene rings is 1. The van der Waals surface area contributed by atoms with Gasteiger partial charge >= 0.3 is 5.97 Å². The number of carbonyl (C=O) groups excluding carboxylic acids is 2. The second-order valence-electron chi connectivity index (χ2n) is 3.90. The first-order chi connectivity index (χ1) is 9.11. The summed E-state index contributed by atoms with van der Waals surface area (Å²) in [5.41, 5.74) is 0.351. The monoisotopic (exact) mass is 278 g/mol. The summed E-state index contributed by atoms with van der Waals surface area (Å²) in [6.07, 6.45) is 1.72. The average Bonchev–Trinajstić information content (AvgIpc) is 2.95. The molecule has 1 aliphatic heterocycles. The molecule has 0 radical (unpaired) electrons. The highest BCUT2D eigenvalue weighted by Gasteiger charge is 2.29. The van der Waals surface area contributed by atoms with Crippen molar-refractivity contribution in [3.8, 4) is 0 Å². The Bertz CT molecular complexity index is 546. The average molecular weight is 278 g/mol. The normalized spacial score (nSPS) is 16.9. The van der Waals surface area contributed by atoms with Crippen LogP contribution in [0, 0.1) is 0 Å². The van der Waals surface area contributed by atoms with Crippen molar-refractivity contribution in [1.82, 2.24) is 4.90 Å².